The van der Waals surface area contributed by atoms with Crippen molar-refractivity contribution in [3.8, 4) is 0 Å². The van der Waals surface area contributed by atoms with Gasteiger partial charge >= 0.3 is 0 Å². The van der Waals surface area contributed by atoms with Crippen molar-refractivity contribution in [2.45, 2.75) is 45.8 Å². The van der Waals surface area contributed by atoms with Gasteiger partial charge < -0.3 is 4.74 Å². The van der Waals surface area contributed by atoms with E-state index in [1.165, 1.54) is 0 Å². The SMILES string of the molecule is CC(C)C(=O)[C@H]1CC[C@@H](C)O1. The van der Waals surface area contributed by atoms with Gasteiger partial charge in [0.15, 0.2) is 5.78 Å². The second kappa shape index (κ2) is 3.35. The van der Waals surface area contributed by atoms with Crippen molar-refractivity contribution in [1.82, 2.24) is 0 Å². The van der Waals surface area contributed by atoms with Crippen molar-refractivity contribution < 1.29 is 9.53 Å². The Morgan fingerprint density at radius 3 is 2.45 bits per heavy atom. The lowest BCUT2D eigenvalue weighted by Crippen LogP contribution is -2.24. The molecule has 1 fully saturated rings. The first kappa shape index (κ1) is 8.72. The molecule has 2 nitrogen and oxygen atoms in total. The second-order valence-corrected chi connectivity index (χ2v) is 3.57. The molecule has 0 spiro atoms. The zero-order valence-corrected chi connectivity index (χ0v) is 7.46. The Bertz CT molecular complexity index is 152. The van der Waals surface area contributed by atoms with E-state index in [0.29, 0.717) is 0 Å². The van der Waals surface area contributed by atoms with E-state index in [9.17, 15) is 4.79 Å². The van der Waals surface area contributed by atoms with E-state index in [4.69, 9.17) is 4.74 Å². The summed E-state index contributed by atoms with van der Waals surface area (Å²) < 4.78 is 5.43. The number of carbonyl (C=O) groups excluding carboxylic acids is 1. The number of carbonyl (C=O) groups is 1. The minimum absolute atomic E-state index is 0.106. The molecular weight excluding hydrogens is 140 g/mol. The zero-order valence-electron chi connectivity index (χ0n) is 7.46. The molecule has 0 aromatic carbocycles. The summed E-state index contributed by atoms with van der Waals surface area (Å²) in [6, 6.07) is 0. The van der Waals surface area contributed by atoms with Crippen LogP contribution in [0.2, 0.25) is 0 Å². The normalized spacial score (nSPS) is 31.3. The highest BCUT2D eigenvalue weighted by molar-refractivity contribution is 5.85. The van der Waals surface area contributed by atoms with Gasteiger partial charge in [0.25, 0.3) is 0 Å². The quantitative estimate of drug-likeness (QED) is 0.609. The van der Waals surface area contributed by atoms with Crippen LogP contribution in [0, 0.1) is 5.92 Å². The first-order valence-corrected chi connectivity index (χ1v) is 4.30. The molecule has 2 heteroatoms. The van der Waals surface area contributed by atoms with Crippen LogP contribution in [0.5, 0.6) is 0 Å². The Balaban J connectivity index is 2.43. The summed E-state index contributed by atoms with van der Waals surface area (Å²) in [7, 11) is 0. The molecule has 1 heterocycles. The molecule has 1 aliphatic heterocycles. The number of hydrogen-bond acceptors (Lipinski definition) is 2. The van der Waals surface area contributed by atoms with Gasteiger partial charge in [-0.25, -0.2) is 0 Å². The van der Waals surface area contributed by atoms with Gasteiger partial charge in [-0.3, -0.25) is 4.79 Å². The molecule has 0 aromatic rings. The fraction of sp³-hybridized carbons (Fsp3) is 0.889. The van der Waals surface area contributed by atoms with Crippen LogP contribution in [0.25, 0.3) is 0 Å². The maximum absolute atomic E-state index is 11.4. The molecule has 2 atom stereocenters. The minimum atomic E-state index is -0.106. The molecule has 1 saturated heterocycles. The summed E-state index contributed by atoms with van der Waals surface area (Å²) in [5.74, 6) is 0.375. The van der Waals surface area contributed by atoms with Crippen LogP contribution in [0.3, 0.4) is 0 Å². The molecule has 1 rings (SSSR count). The van der Waals surface area contributed by atoms with Crippen molar-refractivity contribution in [2.24, 2.45) is 5.92 Å². The molecule has 1 aliphatic rings. The lowest BCUT2D eigenvalue weighted by molar-refractivity contribution is -0.132. The fourth-order valence-electron chi connectivity index (χ4n) is 1.38. The lowest BCUT2D eigenvalue weighted by Gasteiger charge is -2.11. The standard InChI is InChI=1S/C9H16O2/c1-6(2)9(10)8-5-4-7(3)11-8/h6-8H,4-5H2,1-3H3/t7-,8-/m1/s1. The number of ether oxygens (including phenoxy) is 1. The largest absolute Gasteiger partial charge is 0.367 e. The Hall–Kier alpha value is -0.370. The van der Waals surface area contributed by atoms with Gasteiger partial charge in [0.1, 0.15) is 6.10 Å². The molecule has 64 valence electrons. The predicted molar refractivity (Wildman–Crippen MR) is 43.4 cm³/mol. The molecule has 0 unspecified atom stereocenters. The number of hydrogen-bond donors (Lipinski definition) is 0. The highest BCUT2D eigenvalue weighted by atomic mass is 16.5. The van der Waals surface area contributed by atoms with Gasteiger partial charge in [-0.2, -0.15) is 0 Å². The zero-order chi connectivity index (χ0) is 8.43. The summed E-state index contributed by atoms with van der Waals surface area (Å²) >= 11 is 0. The average molecular weight is 156 g/mol. The Morgan fingerprint density at radius 2 is 2.09 bits per heavy atom. The molecular formula is C9H16O2. The van der Waals surface area contributed by atoms with Gasteiger partial charge in [0.2, 0.25) is 0 Å². The van der Waals surface area contributed by atoms with Crippen LogP contribution < -0.4 is 0 Å². The van der Waals surface area contributed by atoms with Crippen molar-refractivity contribution in [1.29, 1.82) is 0 Å². The van der Waals surface area contributed by atoms with Crippen LogP contribution in [0.1, 0.15) is 33.6 Å². The summed E-state index contributed by atoms with van der Waals surface area (Å²) in [6.07, 6.45) is 2.12. The molecule has 0 amide bonds. The topological polar surface area (TPSA) is 26.3 Å². The van der Waals surface area contributed by atoms with Crippen LogP contribution in [0.4, 0.5) is 0 Å². The Kier molecular flexibility index (Phi) is 2.66. The van der Waals surface area contributed by atoms with Crippen molar-refractivity contribution in [3.05, 3.63) is 0 Å². The third kappa shape index (κ3) is 2.03. The summed E-state index contributed by atoms with van der Waals surface area (Å²) in [4.78, 5) is 11.4. The fourth-order valence-corrected chi connectivity index (χ4v) is 1.38. The highest BCUT2D eigenvalue weighted by Gasteiger charge is 2.29. The van der Waals surface area contributed by atoms with Gasteiger partial charge in [-0.1, -0.05) is 13.8 Å². The van der Waals surface area contributed by atoms with E-state index >= 15 is 0 Å². The number of ketones is 1. The van der Waals surface area contributed by atoms with Crippen molar-refractivity contribution in [3.63, 3.8) is 0 Å². The molecule has 0 saturated carbocycles. The first-order chi connectivity index (χ1) is 5.11. The van der Waals surface area contributed by atoms with Crippen LogP contribution in [0.15, 0.2) is 0 Å². The molecule has 0 radical (unpaired) electrons. The molecule has 0 N–H and O–H groups in total. The number of rotatable bonds is 2. The predicted octanol–water partition coefficient (Wildman–Crippen LogP) is 1.78. The van der Waals surface area contributed by atoms with E-state index in [-0.39, 0.29) is 23.9 Å². The third-order valence-corrected chi connectivity index (χ3v) is 2.12. The molecule has 0 aromatic heterocycles. The smallest absolute Gasteiger partial charge is 0.164 e. The minimum Gasteiger partial charge on any atom is -0.367 e. The first-order valence-electron chi connectivity index (χ1n) is 4.30. The van der Waals surface area contributed by atoms with Gasteiger partial charge in [-0.15, -0.1) is 0 Å². The molecule has 0 aliphatic carbocycles. The summed E-state index contributed by atoms with van der Waals surface area (Å²) in [5.41, 5.74) is 0. The van der Waals surface area contributed by atoms with Gasteiger partial charge in [0, 0.05) is 5.92 Å². The van der Waals surface area contributed by atoms with Gasteiger partial charge in [0.05, 0.1) is 6.10 Å². The van der Waals surface area contributed by atoms with Gasteiger partial charge in [-0.05, 0) is 19.8 Å². The van der Waals surface area contributed by atoms with Crippen molar-refractivity contribution >= 4 is 5.78 Å². The number of Topliss-reactive ketones (excluding diaryl/α,β-unsaturated/α-hetero) is 1. The van der Waals surface area contributed by atoms with E-state index in [0.717, 1.165) is 12.8 Å². The Labute approximate surface area is 67.9 Å². The van der Waals surface area contributed by atoms with Crippen LogP contribution >= 0.6 is 0 Å². The summed E-state index contributed by atoms with van der Waals surface area (Å²) in [5, 5.41) is 0. The van der Waals surface area contributed by atoms with Crippen LogP contribution in [-0.2, 0) is 9.53 Å². The molecule has 0 bridgehead atoms. The molecule has 11 heavy (non-hydrogen) atoms. The Morgan fingerprint density at radius 1 is 1.45 bits per heavy atom. The van der Waals surface area contributed by atoms with E-state index in [2.05, 4.69) is 0 Å². The van der Waals surface area contributed by atoms with Crippen LogP contribution in [-0.4, -0.2) is 18.0 Å². The van der Waals surface area contributed by atoms with E-state index in [1.807, 2.05) is 20.8 Å². The third-order valence-electron chi connectivity index (χ3n) is 2.12. The lowest BCUT2D eigenvalue weighted by atomic mass is 10.0. The maximum atomic E-state index is 11.4. The summed E-state index contributed by atoms with van der Waals surface area (Å²) in [6.45, 7) is 5.87. The van der Waals surface area contributed by atoms with Crippen molar-refractivity contribution in [2.75, 3.05) is 0 Å². The second-order valence-electron chi connectivity index (χ2n) is 3.57. The highest BCUT2D eigenvalue weighted by Crippen LogP contribution is 2.21. The van der Waals surface area contributed by atoms with E-state index in [1.54, 1.807) is 0 Å². The maximum Gasteiger partial charge on any atom is 0.164 e. The average Bonchev–Trinajstić information content (AvgIpc) is 2.34. The monoisotopic (exact) mass is 156 g/mol. The van der Waals surface area contributed by atoms with E-state index < -0.39 is 0 Å².